The Hall–Kier alpha value is -1.85. The molecule has 0 aliphatic heterocycles. The monoisotopic (exact) mass is 230 g/mol. The van der Waals surface area contributed by atoms with Crippen LogP contribution in [0.1, 0.15) is 0 Å². The summed E-state index contributed by atoms with van der Waals surface area (Å²) in [6, 6.07) is 12.6. The maximum Gasteiger partial charge on any atom is 0.533 e. The first kappa shape index (κ1) is 10.3. The number of fused-ring (bicyclic) bond motifs is 3. The van der Waals surface area contributed by atoms with Gasteiger partial charge in [-0.1, -0.05) is 40.9 Å². The second kappa shape index (κ2) is 3.87. The van der Waals surface area contributed by atoms with E-state index in [9.17, 15) is 9.55 Å². The Bertz CT molecular complexity index is 680. The van der Waals surface area contributed by atoms with Gasteiger partial charge in [-0.15, -0.1) is 0 Å². The maximum absolute atomic E-state index is 12.1. The minimum Gasteiger partial charge on any atom is -0.456 e. The summed E-state index contributed by atoms with van der Waals surface area (Å²) in [4.78, 5) is 3.44. The van der Waals surface area contributed by atoms with Crippen LogP contribution in [0.25, 0.3) is 21.9 Å². The van der Waals surface area contributed by atoms with Crippen LogP contribution in [0, 0.1) is 0 Å². The molecule has 3 aromatic rings. The summed E-state index contributed by atoms with van der Waals surface area (Å²) in [5.74, 6) is 0. The number of rotatable bonds is 2. The molecule has 3 nitrogen and oxygen atoms in total. The lowest BCUT2D eigenvalue weighted by atomic mass is 9.79. The molecule has 0 unspecified atom stereocenters. The van der Waals surface area contributed by atoms with E-state index in [1.165, 1.54) is 0 Å². The first-order chi connectivity index (χ1) is 8.31. The van der Waals surface area contributed by atoms with Crippen LogP contribution < -0.4 is 5.46 Å². The predicted molar refractivity (Wildman–Crippen MR) is 63.5 cm³/mol. The molecule has 1 aromatic heterocycles. The molecule has 5 heteroatoms. The van der Waals surface area contributed by atoms with Gasteiger partial charge in [0.15, 0.2) is 0 Å². The van der Waals surface area contributed by atoms with E-state index < -0.39 is 7.12 Å². The van der Waals surface area contributed by atoms with Gasteiger partial charge >= 0.3 is 7.12 Å². The fourth-order valence-corrected chi connectivity index (χ4v) is 2.01. The summed E-state index contributed by atoms with van der Waals surface area (Å²) in [5, 5.41) is 11.1. The molecule has 0 saturated carbocycles. The van der Waals surface area contributed by atoms with Crippen molar-refractivity contribution in [2.24, 2.45) is 0 Å². The quantitative estimate of drug-likeness (QED) is 0.686. The van der Waals surface area contributed by atoms with Crippen LogP contribution in [0.2, 0.25) is 0 Å². The van der Waals surface area contributed by atoms with Crippen molar-refractivity contribution in [3.8, 4) is 0 Å². The number of benzene rings is 2. The van der Waals surface area contributed by atoms with Gasteiger partial charge < -0.3 is 9.44 Å². The molecule has 2 aromatic carbocycles. The minimum absolute atomic E-state index is 0.279. The summed E-state index contributed by atoms with van der Waals surface area (Å²) >= 11 is 0. The number of hydrogen-bond acceptors (Lipinski definition) is 3. The molecule has 0 aliphatic carbocycles. The Morgan fingerprint density at radius 1 is 1.06 bits per heavy atom. The average Bonchev–Trinajstić information content (AvgIpc) is 2.76. The Labute approximate surface area is 96.5 Å². The highest BCUT2D eigenvalue weighted by Gasteiger charge is 2.23. The topological polar surface area (TPSA) is 42.6 Å². The van der Waals surface area contributed by atoms with Gasteiger partial charge in [0.25, 0.3) is 0 Å². The second-order valence-electron chi connectivity index (χ2n) is 3.76. The summed E-state index contributed by atoms with van der Waals surface area (Å²) in [6.45, 7) is 0. The molecular weight excluding hydrogens is 222 g/mol. The van der Waals surface area contributed by atoms with Gasteiger partial charge in [0.2, 0.25) is 0 Å². The third-order valence-corrected chi connectivity index (χ3v) is 2.79. The predicted octanol–water partition coefficient (Wildman–Crippen LogP) is 2.17. The van der Waals surface area contributed by atoms with E-state index in [0.717, 1.165) is 10.8 Å². The highest BCUT2D eigenvalue weighted by molar-refractivity contribution is 6.62. The summed E-state index contributed by atoms with van der Waals surface area (Å²) in [6.07, 6.45) is 0. The Balaban J connectivity index is 2.39. The molecule has 1 heterocycles. The van der Waals surface area contributed by atoms with Crippen LogP contribution in [0.15, 0.2) is 46.9 Å². The van der Waals surface area contributed by atoms with E-state index in [1.54, 1.807) is 12.1 Å². The minimum atomic E-state index is -1.63. The summed E-state index contributed by atoms with van der Waals surface area (Å²) in [7, 11) is -1.63. The van der Waals surface area contributed by atoms with E-state index in [2.05, 4.69) is 4.86 Å². The molecule has 84 valence electrons. The lowest BCUT2D eigenvalue weighted by molar-refractivity contribution is -0.0267. The first-order valence-electron chi connectivity index (χ1n) is 5.17. The van der Waals surface area contributed by atoms with Crippen molar-refractivity contribution >= 4 is 34.5 Å². The number of hydrogen-bond donors (Lipinski definition) is 1. The van der Waals surface area contributed by atoms with Crippen LogP contribution in [-0.2, 0) is 4.86 Å². The molecule has 0 spiro atoms. The smallest absolute Gasteiger partial charge is 0.456 e. The van der Waals surface area contributed by atoms with Crippen molar-refractivity contribution in [1.82, 2.24) is 0 Å². The van der Waals surface area contributed by atoms with E-state index >= 15 is 0 Å². The number of halogens is 1. The zero-order valence-electron chi connectivity index (χ0n) is 8.76. The van der Waals surface area contributed by atoms with Crippen LogP contribution >= 0.6 is 0 Å². The zero-order valence-corrected chi connectivity index (χ0v) is 8.76. The molecule has 1 N–H and O–H groups in total. The molecule has 0 aliphatic rings. The molecular formula is C12H8BFO3. The largest absolute Gasteiger partial charge is 0.533 e. The van der Waals surface area contributed by atoms with E-state index in [1.807, 2.05) is 30.3 Å². The van der Waals surface area contributed by atoms with Crippen molar-refractivity contribution in [3.05, 3.63) is 42.5 Å². The molecule has 17 heavy (non-hydrogen) atoms. The molecule has 3 rings (SSSR count). The SMILES string of the molecule is OB(OF)c1cccc2c1oc1ccccc12. The normalized spacial score (nSPS) is 11.2. The lowest BCUT2D eigenvalue weighted by Gasteiger charge is -2.00. The average molecular weight is 230 g/mol. The van der Waals surface area contributed by atoms with E-state index in [-0.39, 0.29) is 5.46 Å². The summed E-state index contributed by atoms with van der Waals surface area (Å²) < 4.78 is 17.7. The fourth-order valence-electron chi connectivity index (χ4n) is 2.01. The Kier molecular flexibility index (Phi) is 2.35. The molecule has 0 bridgehead atoms. The second-order valence-corrected chi connectivity index (χ2v) is 3.76. The molecule has 0 atom stereocenters. The highest BCUT2D eigenvalue weighted by Crippen LogP contribution is 2.27. The molecule has 0 radical (unpaired) electrons. The van der Waals surface area contributed by atoms with Gasteiger partial charge in [0.05, 0.1) is 0 Å². The maximum atomic E-state index is 12.1. The number of para-hydroxylation sites is 2. The highest BCUT2D eigenvalue weighted by atomic mass is 19.3. The summed E-state index contributed by atoms with van der Waals surface area (Å²) in [5.41, 5.74) is 1.42. The van der Waals surface area contributed by atoms with Crippen molar-refractivity contribution < 1.29 is 18.8 Å². The van der Waals surface area contributed by atoms with E-state index in [0.29, 0.717) is 11.2 Å². The van der Waals surface area contributed by atoms with Gasteiger partial charge in [0, 0.05) is 16.2 Å². The third-order valence-electron chi connectivity index (χ3n) is 2.79. The van der Waals surface area contributed by atoms with Crippen molar-refractivity contribution in [2.75, 3.05) is 0 Å². The van der Waals surface area contributed by atoms with Crippen LogP contribution in [0.3, 0.4) is 0 Å². The van der Waals surface area contributed by atoms with Crippen LogP contribution in [0.5, 0.6) is 0 Å². The zero-order chi connectivity index (χ0) is 11.8. The van der Waals surface area contributed by atoms with Gasteiger partial charge in [-0.3, -0.25) is 0 Å². The molecule has 0 amide bonds. The third kappa shape index (κ3) is 1.51. The van der Waals surface area contributed by atoms with Crippen LogP contribution in [-0.4, -0.2) is 12.1 Å². The van der Waals surface area contributed by atoms with Gasteiger partial charge in [-0.25, -0.2) is 4.86 Å². The van der Waals surface area contributed by atoms with Crippen LogP contribution in [0.4, 0.5) is 4.53 Å². The first-order valence-corrected chi connectivity index (χ1v) is 5.17. The van der Waals surface area contributed by atoms with Gasteiger partial charge in [-0.2, -0.15) is 0 Å². The van der Waals surface area contributed by atoms with Crippen molar-refractivity contribution in [3.63, 3.8) is 0 Å². The number of furan rings is 1. The van der Waals surface area contributed by atoms with E-state index in [4.69, 9.17) is 4.42 Å². The standard InChI is InChI=1S/C12H8BFO3/c14-17-13(15)10-6-3-5-9-8-4-1-2-7-11(8)16-12(9)10/h1-7,15H. The van der Waals surface area contributed by atoms with Crippen molar-refractivity contribution in [2.45, 2.75) is 0 Å². The van der Waals surface area contributed by atoms with Crippen molar-refractivity contribution in [1.29, 1.82) is 0 Å². The van der Waals surface area contributed by atoms with Gasteiger partial charge in [0.1, 0.15) is 11.2 Å². The Morgan fingerprint density at radius 3 is 2.65 bits per heavy atom. The molecule has 0 saturated heterocycles. The Morgan fingerprint density at radius 2 is 1.82 bits per heavy atom. The molecule has 0 fully saturated rings. The van der Waals surface area contributed by atoms with Gasteiger partial charge in [-0.05, 0) is 6.07 Å². The fraction of sp³-hybridized carbons (Fsp3) is 0. The lowest BCUT2D eigenvalue weighted by Crippen LogP contribution is -2.31.